The van der Waals surface area contributed by atoms with Crippen molar-refractivity contribution in [2.75, 3.05) is 11.1 Å². The third-order valence-electron chi connectivity index (χ3n) is 2.85. The molecule has 21 heavy (non-hydrogen) atoms. The SMILES string of the molecule is Cc1cc(Br)cc(N)c1NC(=O)c1ccc(F)c(F)c1F. The molecule has 0 aliphatic heterocycles. The van der Waals surface area contributed by atoms with Gasteiger partial charge in [0.15, 0.2) is 17.5 Å². The van der Waals surface area contributed by atoms with Gasteiger partial charge >= 0.3 is 0 Å². The minimum atomic E-state index is -1.69. The van der Waals surface area contributed by atoms with Crippen LogP contribution in [-0.4, -0.2) is 5.91 Å². The molecule has 2 aromatic rings. The molecule has 0 aromatic heterocycles. The van der Waals surface area contributed by atoms with Crippen molar-refractivity contribution >= 4 is 33.2 Å². The van der Waals surface area contributed by atoms with E-state index in [4.69, 9.17) is 5.73 Å². The van der Waals surface area contributed by atoms with Gasteiger partial charge in [-0.15, -0.1) is 0 Å². The van der Waals surface area contributed by atoms with E-state index in [1.807, 2.05) is 0 Å². The van der Waals surface area contributed by atoms with Gasteiger partial charge in [0.25, 0.3) is 5.91 Å². The molecule has 1 amide bonds. The topological polar surface area (TPSA) is 55.1 Å². The number of hydrogen-bond donors (Lipinski definition) is 2. The van der Waals surface area contributed by atoms with E-state index in [2.05, 4.69) is 21.2 Å². The second kappa shape index (κ2) is 5.77. The average molecular weight is 359 g/mol. The molecule has 0 fully saturated rings. The maximum atomic E-state index is 13.6. The molecule has 0 radical (unpaired) electrons. The number of nitrogens with two attached hydrogens (primary N) is 1. The van der Waals surface area contributed by atoms with Gasteiger partial charge in [-0.3, -0.25) is 4.79 Å². The molecule has 0 aliphatic carbocycles. The monoisotopic (exact) mass is 358 g/mol. The lowest BCUT2D eigenvalue weighted by molar-refractivity contribution is 0.102. The zero-order valence-electron chi connectivity index (χ0n) is 10.8. The number of carbonyl (C=O) groups is 1. The number of hydrogen-bond acceptors (Lipinski definition) is 2. The van der Waals surface area contributed by atoms with Crippen molar-refractivity contribution in [2.24, 2.45) is 0 Å². The number of nitrogen functional groups attached to an aromatic ring is 1. The van der Waals surface area contributed by atoms with Gasteiger partial charge in [0.1, 0.15) is 0 Å². The Hall–Kier alpha value is -2.02. The van der Waals surface area contributed by atoms with Crippen molar-refractivity contribution in [2.45, 2.75) is 6.92 Å². The van der Waals surface area contributed by atoms with Crippen molar-refractivity contribution in [3.8, 4) is 0 Å². The average Bonchev–Trinajstić information content (AvgIpc) is 2.40. The molecular formula is C14H10BrF3N2O. The first-order chi connectivity index (χ1) is 9.81. The van der Waals surface area contributed by atoms with Crippen molar-refractivity contribution in [1.29, 1.82) is 0 Å². The highest BCUT2D eigenvalue weighted by Crippen LogP contribution is 2.28. The van der Waals surface area contributed by atoms with Crippen LogP contribution in [0.15, 0.2) is 28.7 Å². The number of amides is 1. The molecule has 0 unspecified atom stereocenters. The van der Waals surface area contributed by atoms with Crippen LogP contribution in [0.25, 0.3) is 0 Å². The Morgan fingerprint density at radius 2 is 1.86 bits per heavy atom. The molecule has 2 rings (SSSR count). The summed E-state index contributed by atoms with van der Waals surface area (Å²) < 4.78 is 40.3. The molecule has 0 aliphatic rings. The van der Waals surface area contributed by atoms with Crippen molar-refractivity contribution in [1.82, 2.24) is 0 Å². The van der Waals surface area contributed by atoms with Crippen molar-refractivity contribution in [3.05, 3.63) is 57.3 Å². The Morgan fingerprint density at radius 3 is 2.48 bits per heavy atom. The largest absolute Gasteiger partial charge is 0.397 e. The van der Waals surface area contributed by atoms with Crippen LogP contribution in [0.5, 0.6) is 0 Å². The summed E-state index contributed by atoms with van der Waals surface area (Å²) in [6.07, 6.45) is 0. The molecule has 0 heterocycles. The van der Waals surface area contributed by atoms with Crippen LogP contribution in [0.3, 0.4) is 0 Å². The Labute approximate surface area is 127 Å². The van der Waals surface area contributed by atoms with E-state index < -0.39 is 28.9 Å². The summed E-state index contributed by atoms with van der Waals surface area (Å²) in [5, 5.41) is 2.40. The van der Waals surface area contributed by atoms with Crippen LogP contribution in [0.1, 0.15) is 15.9 Å². The highest BCUT2D eigenvalue weighted by molar-refractivity contribution is 9.10. The Balaban J connectivity index is 2.38. The Kier molecular flexibility index (Phi) is 4.22. The molecule has 0 saturated heterocycles. The van der Waals surface area contributed by atoms with Gasteiger partial charge in [0.2, 0.25) is 0 Å². The molecule has 0 saturated carbocycles. The lowest BCUT2D eigenvalue weighted by Crippen LogP contribution is -2.17. The van der Waals surface area contributed by atoms with E-state index in [0.717, 1.165) is 10.5 Å². The molecule has 2 aromatic carbocycles. The highest BCUT2D eigenvalue weighted by atomic mass is 79.9. The standard InChI is InChI=1S/C14H10BrF3N2O/c1-6-4-7(15)5-10(19)13(6)20-14(21)8-2-3-9(16)12(18)11(8)17/h2-5H,19H2,1H3,(H,20,21). The lowest BCUT2D eigenvalue weighted by atomic mass is 10.1. The summed E-state index contributed by atoms with van der Waals surface area (Å²) in [6, 6.07) is 4.82. The number of nitrogens with one attached hydrogen (secondary N) is 1. The molecule has 3 N–H and O–H groups in total. The second-order valence-electron chi connectivity index (χ2n) is 4.36. The molecule has 7 heteroatoms. The summed E-state index contributed by atoms with van der Waals surface area (Å²) in [6.45, 7) is 1.69. The fourth-order valence-corrected chi connectivity index (χ4v) is 2.41. The first-order valence-electron chi connectivity index (χ1n) is 5.81. The number of aryl methyl sites for hydroxylation is 1. The molecule has 0 bridgehead atoms. The molecule has 0 spiro atoms. The number of carbonyl (C=O) groups excluding carboxylic acids is 1. The van der Waals surface area contributed by atoms with Gasteiger partial charge in [-0.2, -0.15) is 0 Å². The second-order valence-corrected chi connectivity index (χ2v) is 5.28. The fraction of sp³-hybridized carbons (Fsp3) is 0.0714. The third kappa shape index (κ3) is 3.02. The van der Waals surface area contributed by atoms with Gasteiger partial charge in [0.05, 0.1) is 16.9 Å². The Bertz CT molecular complexity index is 711. The van der Waals surface area contributed by atoms with E-state index in [9.17, 15) is 18.0 Å². The minimum absolute atomic E-state index is 0.262. The smallest absolute Gasteiger partial charge is 0.258 e. The van der Waals surface area contributed by atoms with Crippen molar-refractivity contribution in [3.63, 3.8) is 0 Å². The Morgan fingerprint density at radius 1 is 1.19 bits per heavy atom. The normalized spacial score (nSPS) is 10.5. The summed E-state index contributed by atoms with van der Waals surface area (Å²) >= 11 is 3.24. The minimum Gasteiger partial charge on any atom is -0.397 e. The number of benzene rings is 2. The van der Waals surface area contributed by atoms with E-state index >= 15 is 0 Å². The molecule has 110 valence electrons. The summed E-state index contributed by atoms with van der Waals surface area (Å²) in [7, 11) is 0. The van der Waals surface area contributed by atoms with Crippen LogP contribution in [0.4, 0.5) is 24.5 Å². The number of anilines is 2. The molecule has 0 atom stereocenters. The van der Waals surface area contributed by atoms with Gasteiger partial charge in [-0.25, -0.2) is 13.2 Å². The number of rotatable bonds is 2. The van der Waals surface area contributed by atoms with Gasteiger partial charge in [-0.05, 0) is 36.8 Å². The number of halogens is 4. The molecule has 3 nitrogen and oxygen atoms in total. The van der Waals surface area contributed by atoms with Crippen LogP contribution >= 0.6 is 15.9 Å². The summed E-state index contributed by atoms with van der Waals surface area (Å²) in [4.78, 5) is 12.0. The first kappa shape index (κ1) is 15.4. The maximum absolute atomic E-state index is 13.6. The van der Waals surface area contributed by atoms with Crippen molar-refractivity contribution < 1.29 is 18.0 Å². The van der Waals surface area contributed by atoms with Gasteiger partial charge in [-0.1, -0.05) is 15.9 Å². The zero-order chi connectivity index (χ0) is 15.7. The maximum Gasteiger partial charge on any atom is 0.258 e. The van der Waals surface area contributed by atoms with Crippen LogP contribution in [0, 0.1) is 24.4 Å². The van der Waals surface area contributed by atoms with Crippen LogP contribution < -0.4 is 11.1 Å². The lowest BCUT2D eigenvalue weighted by Gasteiger charge is -2.12. The van der Waals surface area contributed by atoms with Gasteiger partial charge in [0, 0.05) is 4.47 Å². The fourth-order valence-electron chi connectivity index (χ4n) is 1.82. The summed E-state index contributed by atoms with van der Waals surface area (Å²) in [5.41, 5.74) is 6.35. The van der Waals surface area contributed by atoms with E-state index in [1.165, 1.54) is 0 Å². The molecular weight excluding hydrogens is 349 g/mol. The quantitative estimate of drug-likeness (QED) is 0.629. The zero-order valence-corrected chi connectivity index (χ0v) is 12.4. The van der Waals surface area contributed by atoms with Crippen LogP contribution in [0.2, 0.25) is 0 Å². The van der Waals surface area contributed by atoms with E-state index in [-0.39, 0.29) is 11.4 Å². The van der Waals surface area contributed by atoms with Gasteiger partial charge < -0.3 is 11.1 Å². The van der Waals surface area contributed by atoms with Crippen LogP contribution in [-0.2, 0) is 0 Å². The highest BCUT2D eigenvalue weighted by Gasteiger charge is 2.20. The predicted molar refractivity (Wildman–Crippen MR) is 77.6 cm³/mol. The first-order valence-corrected chi connectivity index (χ1v) is 6.61. The van der Waals surface area contributed by atoms with E-state index in [1.54, 1.807) is 19.1 Å². The summed E-state index contributed by atoms with van der Waals surface area (Å²) in [5.74, 6) is -5.50. The van der Waals surface area contributed by atoms with E-state index in [0.29, 0.717) is 11.6 Å². The third-order valence-corrected chi connectivity index (χ3v) is 3.31. The predicted octanol–water partition coefficient (Wildman–Crippen LogP) is 4.01.